The van der Waals surface area contributed by atoms with E-state index < -0.39 is 0 Å². The van der Waals surface area contributed by atoms with Crippen molar-refractivity contribution in [2.45, 2.75) is 13.3 Å². The number of fused-ring (bicyclic) bond motifs is 1. The van der Waals surface area contributed by atoms with Crippen molar-refractivity contribution in [3.63, 3.8) is 0 Å². The smallest absolute Gasteiger partial charge is 0.263 e. The fraction of sp³-hybridized carbons (Fsp3) is 0.214. The van der Waals surface area contributed by atoms with Crippen LogP contribution in [0.25, 0.3) is 22.6 Å². The Balaban J connectivity index is 2.06. The summed E-state index contributed by atoms with van der Waals surface area (Å²) in [6, 6.07) is 6.64. The predicted molar refractivity (Wildman–Crippen MR) is 68.9 cm³/mol. The number of aryl methyl sites for hydroxylation is 1. The van der Waals surface area contributed by atoms with E-state index in [0.29, 0.717) is 29.4 Å². The van der Waals surface area contributed by atoms with E-state index in [0.717, 1.165) is 11.1 Å². The molecule has 3 rings (SSSR count). The minimum atomic E-state index is 0.0286. The Morgan fingerprint density at radius 2 is 2.05 bits per heavy atom. The number of aromatic nitrogens is 1. The first-order valence-corrected chi connectivity index (χ1v) is 5.97. The minimum Gasteiger partial charge on any atom is -0.508 e. The van der Waals surface area contributed by atoms with Crippen LogP contribution in [0.15, 0.2) is 33.1 Å². The molecule has 2 heterocycles. The number of rotatable bonds is 3. The predicted octanol–water partition coefficient (Wildman–Crippen LogP) is 2.64. The van der Waals surface area contributed by atoms with Gasteiger partial charge in [0, 0.05) is 18.4 Å². The largest absolute Gasteiger partial charge is 0.508 e. The standard InChI is InChI=1S/C14H13NO4/c1-8-11(4-5-16)15-14(18-8)13-7-9-6-10(17)2-3-12(9)19-13/h2-3,6-7,16-17H,4-5H2,1H3. The molecular weight excluding hydrogens is 246 g/mol. The fourth-order valence-corrected chi connectivity index (χ4v) is 2.01. The fourth-order valence-electron chi connectivity index (χ4n) is 2.01. The second-order valence-electron chi connectivity index (χ2n) is 4.33. The van der Waals surface area contributed by atoms with Crippen LogP contribution in [0.1, 0.15) is 11.5 Å². The molecule has 5 nitrogen and oxygen atoms in total. The number of aliphatic hydroxyl groups is 1. The van der Waals surface area contributed by atoms with Crippen molar-refractivity contribution in [2.24, 2.45) is 0 Å². The maximum Gasteiger partial charge on any atom is 0.263 e. The average Bonchev–Trinajstić information content (AvgIpc) is 2.94. The third kappa shape index (κ3) is 2.08. The Morgan fingerprint density at radius 3 is 2.84 bits per heavy atom. The first-order valence-electron chi connectivity index (χ1n) is 5.97. The van der Waals surface area contributed by atoms with Gasteiger partial charge in [-0.25, -0.2) is 4.98 Å². The lowest BCUT2D eigenvalue weighted by atomic mass is 10.2. The lowest BCUT2D eigenvalue weighted by molar-refractivity contribution is 0.297. The summed E-state index contributed by atoms with van der Waals surface area (Å²) in [5.41, 5.74) is 1.38. The van der Waals surface area contributed by atoms with Gasteiger partial charge in [0.15, 0.2) is 5.76 Å². The lowest BCUT2D eigenvalue weighted by Crippen LogP contribution is -1.92. The van der Waals surface area contributed by atoms with Crippen LogP contribution in [0.4, 0.5) is 0 Å². The average molecular weight is 259 g/mol. The molecule has 1 aromatic carbocycles. The molecule has 0 aliphatic rings. The second kappa shape index (κ2) is 4.44. The van der Waals surface area contributed by atoms with Crippen LogP contribution in [0.3, 0.4) is 0 Å². The van der Waals surface area contributed by atoms with Crippen molar-refractivity contribution >= 4 is 11.0 Å². The molecule has 0 saturated heterocycles. The molecule has 0 fully saturated rings. The quantitative estimate of drug-likeness (QED) is 0.755. The van der Waals surface area contributed by atoms with E-state index in [-0.39, 0.29) is 12.4 Å². The van der Waals surface area contributed by atoms with Crippen molar-refractivity contribution < 1.29 is 19.0 Å². The number of aromatic hydroxyl groups is 1. The molecular formula is C14H13NO4. The number of hydrogen-bond acceptors (Lipinski definition) is 5. The van der Waals surface area contributed by atoms with E-state index in [2.05, 4.69) is 4.98 Å². The molecule has 0 spiro atoms. The topological polar surface area (TPSA) is 79.6 Å². The number of furan rings is 1. The van der Waals surface area contributed by atoms with Gasteiger partial charge in [-0.05, 0) is 31.2 Å². The SMILES string of the molecule is Cc1oc(-c2cc3cc(O)ccc3o2)nc1CCO. The number of hydrogen-bond donors (Lipinski definition) is 2. The summed E-state index contributed by atoms with van der Waals surface area (Å²) in [6.07, 6.45) is 0.455. The Bertz CT molecular complexity index is 726. The molecule has 2 aromatic heterocycles. The zero-order chi connectivity index (χ0) is 13.4. The van der Waals surface area contributed by atoms with E-state index in [1.54, 1.807) is 31.2 Å². The van der Waals surface area contributed by atoms with Crippen LogP contribution in [0.2, 0.25) is 0 Å². The molecule has 98 valence electrons. The number of oxazole rings is 1. The van der Waals surface area contributed by atoms with Gasteiger partial charge in [0.1, 0.15) is 17.1 Å². The number of phenolic OH excluding ortho intramolecular Hbond substituents is 1. The van der Waals surface area contributed by atoms with Crippen molar-refractivity contribution in [1.82, 2.24) is 4.98 Å². The first-order chi connectivity index (χ1) is 9.17. The first kappa shape index (κ1) is 11.8. The lowest BCUT2D eigenvalue weighted by Gasteiger charge is -1.89. The Morgan fingerprint density at radius 1 is 1.21 bits per heavy atom. The summed E-state index contributed by atoms with van der Waals surface area (Å²) in [5, 5.41) is 19.1. The van der Waals surface area contributed by atoms with Crippen LogP contribution in [-0.2, 0) is 6.42 Å². The number of benzene rings is 1. The van der Waals surface area contributed by atoms with Gasteiger partial charge in [-0.1, -0.05) is 0 Å². The summed E-state index contributed by atoms with van der Waals surface area (Å²) in [5.74, 6) is 1.75. The number of nitrogens with zero attached hydrogens (tertiary/aromatic N) is 1. The highest BCUT2D eigenvalue weighted by Gasteiger charge is 2.15. The molecule has 0 atom stereocenters. The molecule has 0 bridgehead atoms. The zero-order valence-corrected chi connectivity index (χ0v) is 10.4. The van der Waals surface area contributed by atoms with Crippen LogP contribution >= 0.6 is 0 Å². The molecule has 0 aliphatic heterocycles. The maximum absolute atomic E-state index is 9.42. The molecule has 2 N–H and O–H groups in total. The summed E-state index contributed by atoms with van der Waals surface area (Å²) in [4.78, 5) is 4.30. The maximum atomic E-state index is 9.42. The monoisotopic (exact) mass is 259 g/mol. The van der Waals surface area contributed by atoms with Crippen LogP contribution in [-0.4, -0.2) is 21.8 Å². The van der Waals surface area contributed by atoms with Gasteiger partial charge >= 0.3 is 0 Å². The summed E-state index contributed by atoms with van der Waals surface area (Å²) >= 11 is 0. The van der Waals surface area contributed by atoms with Gasteiger partial charge in [-0.3, -0.25) is 0 Å². The van der Waals surface area contributed by atoms with Gasteiger partial charge < -0.3 is 19.0 Å². The molecule has 0 radical (unpaired) electrons. The highest BCUT2D eigenvalue weighted by atomic mass is 16.4. The normalized spacial score (nSPS) is 11.3. The van der Waals surface area contributed by atoms with Gasteiger partial charge in [-0.15, -0.1) is 0 Å². The van der Waals surface area contributed by atoms with Crippen LogP contribution in [0.5, 0.6) is 5.75 Å². The molecule has 0 unspecified atom stereocenters. The van der Waals surface area contributed by atoms with E-state index in [1.807, 2.05) is 0 Å². The van der Waals surface area contributed by atoms with Crippen LogP contribution in [0, 0.1) is 6.92 Å². The highest BCUT2D eigenvalue weighted by molar-refractivity contribution is 5.82. The van der Waals surface area contributed by atoms with Gasteiger partial charge in [0.05, 0.1) is 5.69 Å². The van der Waals surface area contributed by atoms with Crippen molar-refractivity contribution in [3.05, 3.63) is 35.7 Å². The third-order valence-corrected chi connectivity index (χ3v) is 2.95. The number of aliphatic hydroxyl groups excluding tert-OH is 1. The Hall–Kier alpha value is -2.27. The van der Waals surface area contributed by atoms with Crippen molar-refractivity contribution in [1.29, 1.82) is 0 Å². The Kier molecular flexibility index (Phi) is 2.76. The summed E-state index contributed by atoms with van der Waals surface area (Å²) in [6.45, 7) is 1.83. The van der Waals surface area contributed by atoms with Gasteiger partial charge in [0.2, 0.25) is 0 Å². The molecule has 3 aromatic rings. The van der Waals surface area contributed by atoms with Gasteiger partial charge in [-0.2, -0.15) is 0 Å². The second-order valence-corrected chi connectivity index (χ2v) is 4.33. The van der Waals surface area contributed by atoms with Crippen molar-refractivity contribution in [2.75, 3.05) is 6.61 Å². The highest BCUT2D eigenvalue weighted by Crippen LogP contribution is 2.30. The van der Waals surface area contributed by atoms with Gasteiger partial charge in [0.25, 0.3) is 5.89 Å². The third-order valence-electron chi connectivity index (χ3n) is 2.95. The molecule has 19 heavy (non-hydrogen) atoms. The number of phenols is 1. The summed E-state index contributed by atoms with van der Waals surface area (Å²) in [7, 11) is 0. The van der Waals surface area contributed by atoms with E-state index in [9.17, 15) is 5.11 Å². The van der Waals surface area contributed by atoms with E-state index >= 15 is 0 Å². The zero-order valence-electron chi connectivity index (χ0n) is 10.4. The van der Waals surface area contributed by atoms with E-state index in [4.69, 9.17) is 13.9 Å². The molecule has 0 aliphatic carbocycles. The molecule has 0 amide bonds. The molecule has 0 saturated carbocycles. The summed E-state index contributed by atoms with van der Waals surface area (Å²) < 4.78 is 11.2. The van der Waals surface area contributed by atoms with E-state index in [1.165, 1.54) is 0 Å². The molecule has 5 heteroatoms. The van der Waals surface area contributed by atoms with Crippen LogP contribution < -0.4 is 0 Å². The Labute approximate surface area is 109 Å². The minimum absolute atomic E-state index is 0.0286. The van der Waals surface area contributed by atoms with Crippen molar-refractivity contribution in [3.8, 4) is 17.4 Å².